The number of carbonyl (C=O) groups excluding carboxylic acids is 1. The van der Waals surface area contributed by atoms with Gasteiger partial charge in [0.05, 0.1) is 35.2 Å². The fourth-order valence-electron chi connectivity index (χ4n) is 2.78. The van der Waals surface area contributed by atoms with Crippen molar-refractivity contribution in [3.8, 4) is 5.75 Å². The Hall–Kier alpha value is -2.45. The van der Waals surface area contributed by atoms with E-state index in [1.54, 1.807) is 6.07 Å². The van der Waals surface area contributed by atoms with Crippen LogP contribution in [0.4, 0.5) is 18.9 Å². The number of anilines is 1. The maximum absolute atomic E-state index is 13.2. The Morgan fingerprint density at radius 2 is 1.80 bits per heavy atom. The van der Waals surface area contributed by atoms with Gasteiger partial charge in [0.15, 0.2) is 0 Å². The van der Waals surface area contributed by atoms with Crippen molar-refractivity contribution in [2.45, 2.75) is 31.4 Å². The third kappa shape index (κ3) is 6.81. The predicted molar refractivity (Wildman–Crippen MR) is 107 cm³/mol. The highest BCUT2D eigenvalue weighted by Crippen LogP contribution is 2.36. The summed E-state index contributed by atoms with van der Waals surface area (Å²) < 4.78 is 44.5. The van der Waals surface area contributed by atoms with E-state index in [-0.39, 0.29) is 39.9 Å². The summed E-state index contributed by atoms with van der Waals surface area (Å²) in [5.41, 5.74) is 0.736. The van der Waals surface area contributed by atoms with Crippen LogP contribution in [0.2, 0.25) is 10.0 Å². The number of methoxy groups -OCH3 is 1. The van der Waals surface area contributed by atoms with Crippen LogP contribution in [-0.2, 0) is 16.0 Å². The van der Waals surface area contributed by atoms with E-state index in [9.17, 15) is 22.8 Å². The van der Waals surface area contributed by atoms with Crippen LogP contribution in [0, 0.1) is 0 Å². The van der Waals surface area contributed by atoms with Crippen molar-refractivity contribution in [3.63, 3.8) is 0 Å². The first kappa shape index (κ1) is 23.8. The zero-order valence-corrected chi connectivity index (χ0v) is 17.2. The van der Waals surface area contributed by atoms with Gasteiger partial charge < -0.3 is 15.2 Å². The SMILES string of the molecule is COc1cc([C@H](CC(F)(F)F)C(=O)Nc2cc(CCC(=O)O)ccc2Cl)ccc1Cl. The number of benzene rings is 2. The van der Waals surface area contributed by atoms with Gasteiger partial charge in [-0.3, -0.25) is 9.59 Å². The molecule has 0 saturated heterocycles. The van der Waals surface area contributed by atoms with Gasteiger partial charge in [-0.25, -0.2) is 0 Å². The Bertz CT molecular complexity index is 935. The number of halogens is 5. The lowest BCUT2D eigenvalue weighted by molar-refractivity contribution is -0.146. The Morgan fingerprint density at radius 1 is 1.13 bits per heavy atom. The van der Waals surface area contributed by atoms with Gasteiger partial charge in [-0.1, -0.05) is 35.3 Å². The van der Waals surface area contributed by atoms with Gasteiger partial charge in [0, 0.05) is 6.42 Å². The molecule has 0 spiro atoms. The molecule has 1 amide bonds. The van der Waals surface area contributed by atoms with E-state index in [1.165, 1.54) is 37.4 Å². The Balaban J connectivity index is 2.33. The normalized spacial score (nSPS) is 12.3. The van der Waals surface area contributed by atoms with Crippen LogP contribution in [0.15, 0.2) is 36.4 Å². The predicted octanol–water partition coefficient (Wildman–Crippen LogP) is 5.69. The van der Waals surface area contributed by atoms with Gasteiger partial charge in [-0.15, -0.1) is 0 Å². The third-order valence-corrected chi connectivity index (χ3v) is 4.89. The first-order valence-corrected chi connectivity index (χ1v) is 9.47. The van der Waals surface area contributed by atoms with Gasteiger partial charge >= 0.3 is 12.1 Å². The smallest absolute Gasteiger partial charge is 0.390 e. The summed E-state index contributed by atoms with van der Waals surface area (Å²) in [5.74, 6) is -3.36. The van der Waals surface area contributed by atoms with Crippen molar-refractivity contribution in [2.75, 3.05) is 12.4 Å². The quantitative estimate of drug-likeness (QED) is 0.526. The van der Waals surface area contributed by atoms with Crippen LogP contribution in [0.5, 0.6) is 5.75 Å². The van der Waals surface area contributed by atoms with Crippen molar-refractivity contribution < 1.29 is 32.6 Å². The number of aliphatic carboxylic acids is 1. The van der Waals surface area contributed by atoms with Crippen LogP contribution >= 0.6 is 23.2 Å². The van der Waals surface area contributed by atoms with E-state index < -0.39 is 30.4 Å². The molecule has 0 saturated carbocycles. The van der Waals surface area contributed by atoms with Crippen LogP contribution in [0.25, 0.3) is 0 Å². The van der Waals surface area contributed by atoms with Crippen molar-refractivity contribution in [1.82, 2.24) is 0 Å². The van der Waals surface area contributed by atoms with Crippen molar-refractivity contribution in [1.29, 1.82) is 0 Å². The minimum Gasteiger partial charge on any atom is -0.495 e. The monoisotopic (exact) mass is 463 g/mol. The fraction of sp³-hybridized carbons (Fsp3) is 0.300. The molecule has 0 radical (unpaired) electrons. The number of amides is 1. The molecule has 0 aliphatic heterocycles. The molecule has 2 aromatic carbocycles. The highest BCUT2D eigenvalue weighted by Gasteiger charge is 2.36. The number of ether oxygens (including phenoxy) is 1. The molecule has 1 atom stereocenters. The van der Waals surface area contributed by atoms with Crippen LogP contribution in [0.1, 0.15) is 29.9 Å². The van der Waals surface area contributed by atoms with E-state index >= 15 is 0 Å². The van der Waals surface area contributed by atoms with Crippen LogP contribution in [0.3, 0.4) is 0 Å². The van der Waals surface area contributed by atoms with Crippen molar-refractivity contribution in [2.24, 2.45) is 0 Å². The second-order valence-electron chi connectivity index (χ2n) is 6.46. The average molecular weight is 464 g/mol. The number of rotatable bonds is 8. The first-order valence-electron chi connectivity index (χ1n) is 8.71. The average Bonchev–Trinajstić information content (AvgIpc) is 2.66. The summed E-state index contributed by atoms with van der Waals surface area (Å²) in [6.45, 7) is 0. The van der Waals surface area contributed by atoms with Gasteiger partial charge in [0.1, 0.15) is 5.75 Å². The summed E-state index contributed by atoms with van der Waals surface area (Å²) >= 11 is 12.0. The highest BCUT2D eigenvalue weighted by atomic mass is 35.5. The molecule has 30 heavy (non-hydrogen) atoms. The van der Waals surface area contributed by atoms with Gasteiger partial charge in [-0.05, 0) is 41.8 Å². The topological polar surface area (TPSA) is 75.6 Å². The molecule has 0 fully saturated rings. The molecule has 2 rings (SSSR count). The van der Waals surface area contributed by atoms with Crippen LogP contribution < -0.4 is 10.1 Å². The fourth-order valence-corrected chi connectivity index (χ4v) is 3.14. The van der Waals surface area contributed by atoms with E-state index in [4.69, 9.17) is 33.0 Å². The molecule has 0 aromatic heterocycles. The lowest BCUT2D eigenvalue weighted by Gasteiger charge is -2.20. The molecule has 0 unspecified atom stereocenters. The zero-order valence-electron chi connectivity index (χ0n) is 15.7. The number of hydrogen-bond donors (Lipinski definition) is 2. The minimum absolute atomic E-state index is 0.0734. The summed E-state index contributed by atoms with van der Waals surface area (Å²) in [4.78, 5) is 23.5. The minimum atomic E-state index is -4.61. The summed E-state index contributed by atoms with van der Waals surface area (Å²) in [5, 5.41) is 11.5. The summed E-state index contributed by atoms with van der Waals surface area (Å²) in [6, 6.07) is 8.42. The molecule has 2 aromatic rings. The molecular formula is C20H18Cl2F3NO4. The van der Waals surface area contributed by atoms with E-state index in [1.807, 2.05) is 0 Å². The lowest BCUT2D eigenvalue weighted by atomic mass is 9.94. The first-order chi connectivity index (χ1) is 14.0. The zero-order chi connectivity index (χ0) is 22.5. The van der Waals surface area contributed by atoms with Gasteiger partial charge in [0.2, 0.25) is 5.91 Å². The van der Waals surface area contributed by atoms with E-state index in [0.29, 0.717) is 5.56 Å². The number of carbonyl (C=O) groups is 2. The molecule has 10 heteroatoms. The number of aryl methyl sites for hydroxylation is 1. The third-order valence-electron chi connectivity index (χ3n) is 4.25. The maximum Gasteiger partial charge on any atom is 0.390 e. The molecule has 0 bridgehead atoms. The maximum atomic E-state index is 13.2. The number of alkyl halides is 3. The molecule has 5 nitrogen and oxygen atoms in total. The number of carboxylic acids is 1. The largest absolute Gasteiger partial charge is 0.495 e. The number of hydrogen-bond acceptors (Lipinski definition) is 3. The van der Waals surface area contributed by atoms with Crippen molar-refractivity contribution >= 4 is 40.8 Å². The Morgan fingerprint density at radius 3 is 2.40 bits per heavy atom. The molecule has 0 aliphatic carbocycles. The lowest BCUT2D eigenvalue weighted by Crippen LogP contribution is -2.26. The number of carboxylic acid groups (broad SMARTS) is 1. The van der Waals surface area contributed by atoms with Gasteiger partial charge in [-0.2, -0.15) is 13.2 Å². The summed E-state index contributed by atoms with van der Waals surface area (Å²) in [6.07, 6.45) is -5.98. The van der Waals surface area contributed by atoms with E-state index in [0.717, 1.165) is 0 Å². The highest BCUT2D eigenvalue weighted by molar-refractivity contribution is 6.33. The second kappa shape index (κ2) is 10.0. The molecular weight excluding hydrogens is 446 g/mol. The van der Waals surface area contributed by atoms with Crippen molar-refractivity contribution in [3.05, 3.63) is 57.6 Å². The Kier molecular flexibility index (Phi) is 7.97. The van der Waals surface area contributed by atoms with E-state index in [2.05, 4.69) is 5.32 Å². The molecule has 0 aliphatic rings. The standard InChI is InChI=1S/C20H18Cl2F3NO4/c1-30-17-9-12(4-6-15(17)22)13(10-20(23,24)25)19(29)26-16-8-11(2-5-14(16)21)3-7-18(27)28/h2,4-6,8-9,13H,3,7,10H2,1H3,(H,26,29)(H,27,28)/t13-/m0/s1. The number of nitrogens with one attached hydrogen (secondary N) is 1. The second-order valence-corrected chi connectivity index (χ2v) is 7.28. The van der Waals surface area contributed by atoms with Gasteiger partial charge in [0.25, 0.3) is 0 Å². The Labute approximate surface area is 180 Å². The summed E-state index contributed by atoms with van der Waals surface area (Å²) in [7, 11) is 1.31. The molecule has 2 N–H and O–H groups in total. The molecule has 0 heterocycles. The molecule has 162 valence electrons. The van der Waals surface area contributed by atoms with Crippen LogP contribution in [-0.4, -0.2) is 30.3 Å².